The summed E-state index contributed by atoms with van der Waals surface area (Å²) >= 11 is 1.59. The number of anilines is 1. The van der Waals surface area contributed by atoms with Crippen molar-refractivity contribution in [3.63, 3.8) is 0 Å². The molecule has 3 heteroatoms. The average molecular weight is 195 g/mol. The van der Waals surface area contributed by atoms with E-state index in [0.717, 1.165) is 16.8 Å². The highest BCUT2D eigenvalue weighted by atomic mass is 32.1. The number of thiophene rings is 1. The van der Waals surface area contributed by atoms with Crippen molar-refractivity contribution in [3.05, 3.63) is 28.0 Å². The molecule has 1 heterocycles. The summed E-state index contributed by atoms with van der Waals surface area (Å²) in [5.41, 5.74) is 2.77. The Bertz CT molecular complexity index is 338. The van der Waals surface area contributed by atoms with Gasteiger partial charge in [0, 0.05) is 11.0 Å². The zero-order valence-electron chi connectivity index (χ0n) is 8.05. The predicted molar refractivity (Wildman–Crippen MR) is 57.1 cm³/mol. The Balaban J connectivity index is 2.71. The third-order valence-electron chi connectivity index (χ3n) is 1.89. The molecule has 1 aromatic rings. The number of allylic oxidation sites excluding steroid dienone is 1. The monoisotopic (exact) mass is 195 g/mol. The van der Waals surface area contributed by atoms with Crippen molar-refractivity contribution < 1.29 is 4.79 Å². The number of rotatable bonds is 2. The molecule has 0 unspecified atom stereocenters. The van der Waals surface area contributed by atoms with Crippen LogP contribution in [0.15, 0.2) is 22.4 Å². The second-order valence-corrected chi connectivity index (χ2v) is 3.64. The largest absolute Gasteiger partial charge is 0.321 e. The fourth-order valence-corrected chi connectivity index (χ4v) is 1.62. The number of carbonyl (C=O) groups is 1. The lowest BCUT2D eigenvalue weighted by Crippen LogP contribution is -2.12. The molecular formula is C10H13NOS. The number of amides is 1. The summed E-state index contributed by atoms with van der Waals surface area (Å²) in [6, 6.07) is 0. The number of nitrogens with one attached hydrogen (secondary N) is 1. The second kappa shape index (κ2) is 4.23. The quantitative estimate of drug-likeness (QED) is 0.722. The fourth-order valence-electron chi connectivity index (χ4n) is 0.841. The van der Waals surface area contributed by atoms with Gasteiger partial charge in [0.2, 0.25) is 0 Å². The zero-order chi connectivity index (χ0) is 9.84. The lowest BCUT2D eigenvalue weighted by molar-refractivity contribution is -0.112. The number of hydrogen-bond donors (Lipinski definition) is 1. The van der Waals surface area contributed by atoms with Gasteiger partial charge in [0.1, 0.15) is 0 Å². The molecule has 0 aliphatic heterocycles. The van der Waals surface area contributed by atoms with E-state index < -0.39 is 0 Å². The van der Waals surface area contributed by atoms with Gasteiger partial charge in [-0.3, -0.25) is 4.79 Å². The van der Waals surface area contributed by atoms with Crippen molar-refractivity contribution in [2.45, 2.75) is 20.8 Å². The molecule has 0 bridgehead atoms. The van der Waals surface area contributed by atoms with Crippen LogP contribution in [0.1, 0.15) is 19.4 Å². The average Bonchev–Trinajstić information content (AvgIpc) is 2.50. The number of hydrogen-bond acceptors (Lipinski definition) is 2. The third kappa shape index (κ3) is 2.42. The Labute approximate surface area is 82.3 Å². The van der Waals surface area contributed by atoms with Gasteiger partial charge < -0.3 is 5.32 Å². The summed E-state index contributed by atoms with van der Waals surface area (Å²) in [6.45, 7) is 5.64. The highest BCUT2D eigenvalue weighted by Gasteiger charge is 2.05. The summed E-state index contributed by atoms with van der Waals surface area (Å²) in [4.78, 5) is 11.4. The van der Waals surface area contributed by atoms with Crippen LogP contribution in [-0.2, 0) is 4.79 Å². The van der Waals surface area contributed by atoms with E-state index >= 15 is 0 Å². The van der Waals surface area contributed by atoms with E-state index in [1.165, 1.54) is 0 Å². The van der Waals surface area contributed by atoms with Crippen molar-refractivity contribution in [3.8, 4) is 0 Å². The van der Waals surface area contributed by atoms with Crippen LogP contribution in [-0.4, -0.2) is 5.91 Å². The molecule has 0 saturated carbocycles. The molecule has 1 N–H and O–H groups in total. The Morgan fingerprint density at radius 3 is 2.69 bits per heavy atom. The first-order chi connectivity index (χ1) is 6.15. The highest BCUT2D eigenvalue weighted by Crippen LogP contribution is 2.19. The Morgan fingerprint density at radius 2 is 2.23 bits per heavy atom. The standard InChI is InChI=1S/C10H13NOS/c1-4-7(2)10(12)11-9-6-13-5-8(9)3/h4-6H,1-3H3,(H,11,12)/b7-4-. The van der Waals surface area contributed by atoms with Gasteiger partial charge in [-0.1, -0.05) is 6.08 Å². The maximum atomic E-state index is 11.4. The maximum Gasteiger partial charge on any atom is 0.250 e. The molecule has 1 aromatic heterocycles. The molecule has 0 atom stereocenters. The van der Waals surface area contributed by atoms with Gasteiger partial charge in [0.05, 0.1) is 5.69 Å². The van der Waals surface area contributed by atoms with Crippen LogP contribution in [0.2, 0.25) is 0 Å². The molecule has 70 valence electrons. The maximum absolute atomic E-state index is 11.4. The summed E-state index contributed by atoms with van der Waals surface area (Å²) < 4.78 is 0. The first-order valence-electron chi connectivity index (χ1n) is 4.12. The summed E-state index contributed by atoms with van der Waals surface area (Å²) in [7, 11) is 0. The van der Waals surface area contributed by atoms with Gasteiger partial charge in [0.25, 0.3) is 5.91 Å². The minimum atomic E-state index is -0.0241. The van der Waals surface area contributed by atoms with Crippen LogP contribution in [0.25, 0.3) is 0 Å². The third-order valence-corrected chi connectivity index (χ3v) is 2.76. The van der Waals surface area contributed by atoms with Crippen LogP contribution >= 0.6 is 11.3 Å². The first kappa shape index (κ1) is 9.99. The SMILES string of the molecule is C/C=C(/C)C(=O)Nc1cscc1C. The van der Waals surface area contributed by atoms with E-state index in [1.54, 1.807) is 24.3 Å². The highest BCUT2D eigenvalue weighted by molar-refractivity contribution is 7.08. The smallest absolute Gasteiger partial charge is 0.250 e. The summed E-state index contributed by atoms with van der Waals surface area (Å²) in [5, 5.41) is 6.80. The number of carbonyl (C=O) groups excluding carboxylic acids is 1. The van der Waals surface area contributed by atoms with Crippen LogP contribution in [0, 0.1) is 6.92 Å². The molecule has 0 aliphatic carbocycles. The van der Waals surface area contributed by atoms with E-state index in [4.69, 9.17) is 0 Å². The Kier molecular flexibility index (Phi) is 3.25. The first-order valence-corrected chi connectivity index (χ1v) is 5.06. The van der Waals surface area contributed by atoms with E-state index in [0.29, 0.717) is 0 Å². The molecule has 0 spiro atoms. The molecule has 0 aliphatic rings. The topological polar surface area (TPSA) is 29.1 Å². The van der Waals surface area contributed by atoms with Gasteiger partial charge in [-0.25, -0.2) is 0 Å². The molecular weight excluding hydrogens is 182 g/mol. The Morgan fingerprint density at radius 1 is 1.54 bits per heavy atom. The van der Waals surface area contributed by atoms with E-state index in [2.05, 4.69) is 5.32 Å². The van der Waals surface area contributed by atoms with Gasteiger partial charge >= 0.3 is 0 Å². The van der Waals surface area contributed by atoms with Gasteiger partial charge in [-0.15, -0.1) is 11.3 Å². The summed E-state index contributed by atoms with van der Waals surface area (Å²) in [5.74, 6) is -0.0241. The minimum Gasteiger partial charge on any atom is -0.321 e. The lowest BCUT2D eigenvalue weighted by Gasteiger charge is -2.03. The molecule has 0 aromatic carbocycles. The van der Waals surface area contributed by atoms with E-state index in [1.807, 2.05) is 24.6 Å². The normalized spacial score (nSPS) is 11.5. The molecule has 1 amide bonds. The van der Waals surface area contributed by atoms with Gasteiger partial charge in [0.15, 0.2) is 0 Å². The predicted octanol–water partition coefficient (Wildman–Crippen LogP) is 2.96. The number of aryl methyl sites for hydroxylation is 1. The van der Waals surface area contributed by atoms with E-state index in [-0.39, 0.29) is 5.91 Å². The van der Waals surface area contributed by atoms with Crippen LogP contribution < -0.4 is 5.32 Å². The molecule has 0 radical (unpaired) electrons. The lowest BCUT2D eigenvalue weighted by atomic mass is 10.2. The Hall–Kier alpha value is -1.09. The van der Waals surface area contributed by atoms with Crippen molar-refractivity contribution in [2.75, 3.05) is 5.32 Å². The minimum absolute atomic E-state index is 0.0241. The molecule has 0 fully saturated rings. The zero-order valence-corrected chi connectivity index (χ0v) is 8.87. The molecule has 0 saturated heterocycles. The van der Waals surface area contributed by atoms with Crippen LogP contribution in [0.3, 0.4) is 0 Å². The second-order valence-electron chi connectivity index (χ2n) is 2.89. The van der Waals surface area contributed by atoms with Crippen molar-refractivity contribution in [2.24, 2.45) is 0 Å². The fraction of sp³-hybridized carbons (Fsp3) is 0.300. The summed E-state index contributed by atoms with van der Waals surface area (Å²) in [6.07, 6.45) is 1.80. The van der Waals surface area contributed by atoms with E-state index in [9.17, 15) is 4.79 Å². The van der Waals surface area contributed by atoms with Gasteiger partial charge in [-0.05, 0) is 31.7 Å². The van der Waals surface area contributed by atoms with Gasteiger partial charge in [-0.2, -0.15) is 0 Å². The molecule has 13 heavy (non-hydrogen) atoms. The van der Waals surface area contributed by atoms with Crippen molar-refractivity contribution in [1.82, 2.24) is 0 Å². The van der Waals surface area contributed by atoms with Crippen LogP contribution in [0.4, 0.5) is 5.69 Å². The molecule has 2 nitrogen and oxygen atoms in total. The molecule has 1 rings (SSSR count). The van der Waals surface area contributed by atoms with Crippen molar-refractivity contribution in [1.29, 1.82) is 0 Å². The van der Waals surface area contributed by atoms with Crippen LogP contribution in [0.5, 0.6) is 0 Å². The van der Waals surface area contributed by atoms with Crippen molar-refractivity contribution >= 4 is 22.9 Å².